The van der Waals surface area contributed by atoms with E-state index in [9.17, 15) is 14.4 Å². The molecule has 0 aliphatic carbocycles. The van der Waals surface area contributed by atoms with E-state index in [0.717, 1.165) is 22.9 Å². The molecule has 0 saturated heterocycles. The molecule has 1 amide bonds. The summed E-state index contributed by atoms with van der Waals surface area (Å²) in [4.78, 5) is 39.7. The summed E-state index contributed by atoms with van der Waals surface area (Å²) >= 11 is 0. The van der Waals surface area contributed by atoms with Gasteiger partial charge in [0.1, 0.15) is 12.3 Å². The summed E-state index contributed by atoms with van der Waals surface area (Å²) in [6.45, 7) is 1.29. The van der Waals surface area contributed by atoms with Crippen molar-refractivity contribution in [3.63, 3.8) is 0 Å². The first-order chi connectivity index (χ1) is 14.0. The molecule has 0 unspecified atom stereocenters. The van der Waals surface area contributed by atoms with E-state index in [-0.39, 0.29) is 12.3 Å². The summed E-state index contributed by atoms with van der Waals surface area (Å²) in [6.07, 6.45) is 2.47. The van der Waals surface area contributed by atoms with Crippen molar-refractivity contribution in [3.8, 4) is 5.75 Å². The van der Waals surface area contributed by atoms with E-state index in [1.165, 1.54) is 7.11 Å². The highest BCUT2D eigenvalue weighted by Crippen LogP contribution is 2.22. The van der Waals surface area contributed by atoms with Gasteiger partial charge in [-0.25, -0.2) is 0 Å². The Morgan fingerprint density at radius 2 is 1.83 bits per heavy atom. The van der Waals surface area contributed by atoms with Crippen molar-refractivity contribution in [1.82, 2.24) is 10.3 Å². The Kier molecular flexibility index (Phi) is 6.29. The lowest BCUT2D eigenvalue weighted by molar-refractivity contribution is -0.141. The zero-order valence-corrected chi connectivity index (χ0v) is 16.3. The molecule has 3 aromatic rings. The molecule has 2 N–H and O–H groups in total. The van der Waals surface area contributed by atoms with Crippen LogP contribution in [-0.4, -0.2) is 42.9 Å². The molecular weight excluding hydrogens is 372 g/mol. The van der Waals surface area contributed by atoms with Gasteiger partial charge in [-0.3, -0.25) is 14.4 Å². The Labute approximate surface area is 168 Å². The normalized spacial score (nSPS) is 10.6. The number of carbonyl (C=O) groups excluding carboxylic acids is 3. The second-order valence-corrected chi connectivity index (χ2v) is 6.36. The number of aromatic amines is 1. The van der Waals surface area contributed by atoms with Crippen molar-refractivity contribution in [3.05, 3.63) is 65.4 Å². The number of hydrogen-bond acceptors (Lipinski definition) is 5. The molecule has 7 heteroatoms. The highest BCUT2D eigenvalue weighted by molar-refractivity contribution is 6.09. The lowest BCUT2D eigenvalue weighted by Gasteiger charge is -2.09. The van der Waals surface area contributed by atoms with Crippen LogP contribution in [0.25, 0.3) is 10.9 Å². The van der Waals surface area contributed by atoms with E-state index in [4.69, 9.17) is 9.47 Å². The summed E-state index contributed by atoms with van der Waals surface area (Å²) in [5.41, 5.74) is 2.80. The van der Waals surface area contributed by atoms with E-state index < -0.39 is 18.5 Å². The number of ether oxygens (including phenoxy) is 2. The second-order valence-electron chi connectivity index (χ2n) is 6.36. The Bertz CT molecular complexity index is 1050. The number of para-hydroxylation sites is 2. The van der Waals surface area contributed by atoms with Crippen LogP contribution in [0.3, 0.4) is 0 Å². The van der Waals surface area contributed by atoms with E-state index in [1.807, 2.05) is 25.1 Å². The van der Waals surface area contributed by atoms with Crippen LogP contribution in [0.2, 0.25) is 0 Å². The SMILES string of the molecule is CCc1cccc2c(C(=O)COC(=O)CNC(=O)c3ccccc3OC)c[nH]c12. The van der Waals surface area contributed by atoms with E-state index in [0.29, 0.717) is 16.9 Å². The van der Waals surface area contributed by atoms with Gasteiger partial charge in [0.05, 0.1) is 12.7 Å². The van der Waals surface area contributed by atoms with Crippen LogP contribution in [0.5, 0.6) is 5.75 Å². The molecule has 29 heavy (non-hydrogen) atoms. The summed E-state index contributed by atoms with van der Waals surface area (Å²) in [5.74, 6) is -1.07. The van der Waals surface area contributed by atoms with Gasteiger partial charge in [-0.1, -0.05) is 37.3 Å². The maximum absolute atomic E-state index is 12.5. The van der Waals surface area contributed by atoms with Crippen LogP contribution in [0.4, 0.5) is 0 Å². The molecular formula is C22H22N2O5. The number of hydrogen-bond donors (Lipinski definition) is 2. The van der Waals surface area contributed by atoms with Gasteiger partial charge in [-0.2, -0.15) is 0 Å². The number of H-pyrrole nitrogens is 1. The number of aromatic nitrogens is 1. The average molecular weight is 394 g/mol. The molecule has 0 bridgehead atoms. The number of methoxy groups -OCH3 is 1. The molecule has 0 saturated carbocycles. The lowest BCUT2D eigenvalue weighted by Crippen LogP contribution is -2.31. The molecule has 0 aliphatic rings. The van der Waals surface area contributed by atoms with Gasteiger partial charge in [0.15, 0.2) is 6.61 Å². The van der Waals surface area contributed by atoms with Crippen LogP contribution in [-0.2, 0) is 16.0 Å². The zero-order valence-electron chi connectivity index (χ0n) is 16.3. The molecule has 2 aromatic carbocycles. The predicted octanol–water partition coefficient (Wildman–Crippen LogP) is 2.89. The smallest absolute Gasteiger partial charge is 0.325 e. The lowest BCUT2D eigenvalue weighted by atomic mass is 10.1. The number of aryl methyl sites for hydroxylation is 1. The predicted molar refractivity (Wildman–Crippen MR) is 108 cm³/mol. The molecule has 150 valence electrons. The fraction of sp³-hybridized carbons (Fsp3) is 0.227. The third-order valence-electron chi connectivity index (χ3n) is 4.59. The number of fused-ring (bicyclic) bond motifs is 1. The number of Topliss-reactive ketones (excluding diaryl/α,β-unsaturated/α-hetero) is 1. The van der Waals surface area contributed by atoms with Crippen LogP contribution in [0.1, 0.15) is 33.2 Å². The highest BCUT2D eigenvalue weighted by atomic mass is 16.5. The molecule has 1 heterocycles. The van der Waals surface area contributed by atoms with Gasteiger partial charge in [-0.05, 0) is 24.1 Å². The Hall–Kier alpha value is -3.61. The monoisotopic (exact) mass is 394 g/mol. The second kappa shape index (κ2) is 9.05. The van der Waals surface area contributed by atoms with Gasteiger partial charge in [0, 0.05) is 22.7 Å². The third kappa shape index (κ3) is 4.45. The third-order valence-corrected chi connectivity index (χ3v) is 4.59. The van der Waals surface area contributed by atoms with Crippen molar-refractivity contribution in [2.75, 3.05) is 20.3 Å². The fourth-order valence-electron chi connectivity index (χ4n) is 3.10. The number of nitrogens with one attached hydrogen (secondary N) is 2. The molecule has 0 fully saturated rings. The van der Waals surface area contributed by atoms with E-state index in [1.54, 1.807) is 30.5 Å². The van der Waals surface area contributed by atoms with E-state index in [2.05, 4.69) is 10.3 Å². The van der Waals surface area contributed by atoms with Crippen LogP contribution < -0.4 is 10.1 Å². The standard InChI is InChI=1S/C22H22N2O5/c1-3-14-7-6-9-15-17(11-23-21(14)15)18(25)13-29-20(26)12-24-22(27)16-8-4-5-10-19(16)28-2/h4-11,23H,3,12-13H2,1-2H3,(H,24,27). The maximum Gasteiger partial charge on any atom is 0.325 e. The minimum Gasteiger partial charge on any atom is -0.496 e. The summed E-state index contributed by atoms with van der Waals surface area (Å²) in [7, 11) is 1.46. The molecule has 0 aliphatic heterocycles. The first kappa shape index (κ1) is 20.1. The van der Waals surface area contributed by atoms with Crippen LogP contribution in [0, 0.1) is 0 Å². The number of benzene rings is 2. The minimum atomic E-state index is -0.698. The van der Waals surface area contributed by atoms with Gasteiger partial charge in [0.2, 0.25) is 5.78 Å². The zero-order chi connectivity index (χ0) is 20.8. The van der Waals surface area contributed by atoms with Gasteiger partial charge >= 0.3 is 5.97 Å². The number of ketones is 1. The van der Waals surface area contributed by atoms with Crippen molar-refractivity contribution >= 4 is 28.6 Å². The van der Waals surface area contributed by atoms with E-state index >= 15 is 0 Å². The van der Waals surface area contributed by atoms with Gasteiger partial charge in [-0.15, -0.1) is 0 Å². The van der Waals surface area contributed by atoms with Crippen molar-refractivity contribution in [2.45, 2.75) is 13.3 Å². The Morgan fingerprint density at radius 1 is 1.03 bits per heavy atom. The molecule has 3 rings (SSSR count). The summed E-state index contributed by atoms with van der Waals surface area (Å²) in [5, 5.41) is 3.27. The maximum atomic E-state index is 12.5. The Morgan fingerprint density at radius 3 is 2.59 bits per heavy atom. The molecule has 0 spiro atoms. The number of esters is 1. The largest absolute Gasteiger partial charge is 0.496 e. The summed E-state index contributed by atoms with van der Waals surface area (Å²) in [6, 6.07) is 12.4. The number of amides is 1. The molecule has 0 atom stereocenters. The number of carbonyl (C=O) groups is 3. The fourth-order valence-corrected chi connectivity index (χ4v) is 3.10. The average Bonchev–Trinajstić information content (AvgIpc) is 3.20. The molecule has 0 radical (unpaired) electrons. The minimum absolute atomic E-state index is 0.310. The van der Waals surface area contributed by atoms with Gasteiger partial charge < -0.3 is 19.8 Å². The highest BCUT2D eigenvalue weighted by Gasteiger charge is 2.17. The first-order valence-electron chi connectivity index (χ1n) is 9.24. The Balaban J connectivity index is 1.56. The number of rotatable bonds is 8. The summed E-state index contributed by atoms with van der Waals surface area (Å²) < 4.78 is 10.1. The molecule has 7 nitrogen and oxygen atoms in total. The van der Waals surface area contributed by atoms with Gasteiger partial charge in [0.25, 0.3) is 5.91 Å². The molecule has 1 aromatic heterocycles. The van der Waals surface area contributed by atoms with Crippen LogP contribution in [0.15, 0.2) is 48.7 Å². The quantitative estimate of drug-likeness (QED) is 0.452. The van der Waals surface area contributed by atoms with Crippen LogP contribution >= 0.6 is 0 Å². The van der Waals surface area contributed by atoms with Crippen molar-refractivity contribution < 1.29 is 23.9 Å². The van der Waals surface area contributed by atoms with Crippen molar-refractivity contribution in [2.24, 2.45) is 0 Å². The first-order valence-corrected chi connectivity index (χ1v) is 9.24. The topological polar surface area (TPSA) is 97.5 Å². The van der Waals surface area contributed by atoms with Crippen molar-refractivity contribution in [1.29, 1.82) is 0 Å².